The standard InChI is InChI=1S/C10H10FN5O2/c11-6-4(5(6)2-17)1-16-3-13-7-8(16)14-10(12)15-9(7)18/h1,3,5-6,17H,2H2,(H3,12,14,15,18)/b4-1-/t5-,6+/m1/s1. The fraction of sp³-hybridized carbons (Fsp3) is 0.300. The van der Waals surface area contributed by atoms with Gasteiger partial charge in [-0.1, -0.05) is 0 Å². The number of aliphatic hydroxyl groups excluding tert-OH is 1. The van der Waals surface area contributed by atoms with Crippen LogP contribution in [0.4, 0.5) is 10.3 Å². The first-order chi connectivity index (χ1) is 8.61. The molecule has 2 heterocycles. The van der Waals surface area contributed by atoms with Crippen LogP contribution in [0.5, 0.6) is 0 Å². The first kappa shape index (κ1) is 10.9. The van der Waals surface area contributed by atoms with Gasteiger partial charge in [-0.05, 0) is 5.57 Å². The molecule has 4 N–H and O–H groups in total. The molecule has 2 aromatic heterocycles. The van der Waals surface area contributed by atoms with Crippen molar-refractivity contribution in [2.45, 2.75) is 6.17 Å². The number of nitrogens with one attached hydrogen (secondary N) is 1. The SMILES string of the molecule is Nc1nc2c(ncn2/C=C2/[C@@H](CO)[C@H]2F)c(=O)[nH]1. The molecular formula is C10H10FN5O2. The maximum absolute atomic E-state index is 13.2. The first-order valence-corrected chi connectivity index (χ1v) is 5.30. The van der Waals surface area contributed by atoms with Crippen molar-refractivity contribution in [1.29, 1.82) is 0 Å². The largest absolute Gasteiger partial charge is 0.396 e. The molecule has 0 unspecified atom stereocenters. The summed E-state index contributed by atoms with van der Waals surface area (Å²) in [5.74, 6) is -0.499. The van der Waals surface area contributed by atoms with Gasteiger partial charge in [0.25, 0.3) is 5.56 Å². The molecule has 0 amide bonds. The summed E-state index contributed by atoms with van der Waals surface area (Å²) in [6, 6.07) is 0. The maximum Gasteiger partial charge on any atom is 0.280 e. The van der Waals surface area contributed by atoms with Gasteiger partial charge in [0.2, 0.25) is 5.95 Å². The van der Waals surface area contributed by atoms with Crippen LogP contribution >= 0.6 is 0 Å². The molecular weight excluding hydrogens is 241 g/mol. The Bertz CT molecular complexity index is 704. The van der Waals surface area contributed by atoms with Crippen molar-refractivity contribution < 1.29 is 9.50 Å². The third-order valence-corrected chi connectivity index (χ3v) is 2.93. The van der Waals surface area contributed by atoms with E-state index in [4.69, 9.17) is 10.8 Å². The van der Waals surface area contributed by atoms with Crippen LogP contribution in [0.15, 0.2) is 16.7 Å². The Morgan fingerprint density at radius 3 is 3.11 bits per heavy atom. The second-order valence-corrected chi connectivity index (χ2v) is 4.10. The van der Waals surface area contributed by atoms with Crippen LogP contribution in [0.25, 0.3) is 17.4 Å². The van der Waals surface area contributed by atoms with Gasteiger partial charge in [0.15, 0.2) is 11.2 Å². The minimum absolute atomic E-state index is 0.0287. The van der Waals surface area contributed by atoms with E-state index in [2.05, 4.69) is 15.0 Å². The van der Waals surface area contributed by atoms with Crippen molar-refractivity contribution in [3.05, 3.63) is 22.3 Å². The average Bonchev–Trinajstić information content (AvgIpc) is 2.75. The van der Waals surface area contributed by atoms with E-state index in [-0.39, 0.29) is 23.7 Å². The molecule has 0 bridgehead atoms. The molecule has 1 fully saturated rings. The zero-order chi connectivity index (χ0) is 12.9. The van der Waals surface area contributed by atoms with Gasteiger partial charge in [-0.2, -0.15) is 4.98 Å². The summed E-state index contributed by atoms with van der Waals surface area (Å²) in [4.78, 5) is 21.7. The van der Waals surface area contributed by atoms with Crippen LogP contribution in [0.2, 0.25) is 0 Å². The van der Waals surface area contributed by atoms with E-state index >= 15 is 0 Å². The molecule has 0 radical (unpaired) electrons. The lowest BCUT2D eigenvalue weighted by Gasteiger charge is -1.96. The number of rotatable bonds is 2. The molecule has 3 rings (SSSR count). The summed E-state index contributed by atoms with van der Waals surface area (Å²) < 4.78 is 14.6. The number of nitrogens with two attached hydrogens (primary N) is 1. The minimum atomic E-state index is -1.15. The zero-order valence-electron chi connectivity index (χ0n) is 9.17. The summed E-state index contributed by atoms with van der Waals surface area (Å²) in [5, 5.41) is 8.88. The highest BCUT2D eigenvalue weighted by Crippen LogP contribution is 2.41. The normalized spacial score (nSPS) is 24.9. The number of H-pyrrole nitrogens is 1. The van der Waals surface area contributed by atoms with Gasteiger partial charge in [0, 0.05) is 12.1 Å². The Morgan fingerprint density at radius 2 is 2.44 bits per heavy atom. The third kappa shape index (κ3) is 1.50. The van der Waals surface area contributed by atoms with Crippen LogP contribution in [0, 0.1) is 5.92 Å². The number of fused-ring (bicyclic) bond motifs is 1. The highest BCUT2D eigenvalue weighted by Gasteiger charge is 2.44. The number of halogens is 1. The van der Waals surface area contributed by atoms with Crippen molar-refractivity contribution in [3.63, 3.8) is 0 Å². The van der Waals surface area contributed by atoms with Gasteiger partial charge in [-0.15, -0.1) is 0 Å². The Morgan fingerprint density at radius 1 is 1.67 bits per heavy atom. The third-order valence-electron chi connectivity index (χ3n) is 2.93. The topological polar surface area (TPSA) is 110 Å². The molecule has 1 aliphatic carbocycles. The van der Waals surface area contributed by atoms with E-state index in [0.717, 1.165) is 0 Å². The fourth-order valence-electron chi connectivity index (χ4n) is 1.86. The van der Waals surface area contributed by atoms with Gasteiger partial charge >= 0.3 is 0 Å². The lowest BCUT2D eigenvalue weighted by Crippen LogP contribution is -2.11. The molecule has 0 saturated heterocycles. The van der Waals surface area contributed by atoms with E-state index in [9.17, 15) is 9.18 Å². The number of imidazole rings is 1. The predicted octanol–water partition coefficient (Wildman–Crippen LogP) is -0.497. The van der Waals surface area contributed by atoms with Crippen molar-refractivity contribution in [2.75, 3.05) is 12.3 Å². The number of alkyl halides is 1. The Labute approximate surface area is 99.8 Å². The average molecular weight is 251 g/mol. The molecule has 2 atom stereocenters. The van der Waals surface area contributed by atoms with Crippen LogP contribution in [0.3, 0.4) is 0 Å². The summed E-state index contributed by atoms with van der Waals surface area (Å²) in [6.45, 7) is -0.240. The fourth-order valence-corrected chi connectivity index (χ4v) is 1.86. The Kier molecular flexibility index (Phi) is 2.20. The number of hydrogen-bond donors (Lipinski definition) is 3. The molecule has 0 aliphatic heterocycles. The number of nitrogen functional groups attached to an aromatic ring is 1. The lowest BCUT2D eigenvalue weighted by molar-refractivity contribution is 0.259. The molecule has 0 aromatic carbocycles. The zero-order valence-corrected chi connectivity index (χ0v) is 9.17. The highest BCUT2D eigenvalue weighted by molar-refractivity contribution is 5.73. The van der Waals surface area contributed by atoms with Crippen molar-refractivity contribution >= 4 is 23.3 Å². The van der Waals surface area contributed by atoms with E-state index in [1.807, 2.05) is 0 Å². The van der Waals surface area contributed by atoms with Crippen LogP contribution in [0.1, 0.15) is 0 Å². The van der Waals surface area contributed by atoms with Gasteiger partial charge < -0.3 is 10.8 Å². The number of hydrogen-bond acceptors (Lipinski definition) is 5. The number of anilines is 1. The molecule has 94 valence electrons. The smallest absolute Gasteiger partial charge is 0.280 e. The summed E-state index contributed by atoms with van der Waals surface area (Å²) in [7, 11) is 0. The second-order valence-electron chi connectivity index (χ2n) is 4.10. The van der Waals surface area contributed by atoms with E-state index in [0.29, 0.717) is 5.57 Å². The number of aliphatic hydroxyl groups is 1. The summed E-state index contributed by atoms with van der Waals surface area (Å²) in [6.07, 6.45) is 1.69. The molecule has 1 aliphatic rings. The molecule has 1 saturated carbocycles. The maximum atomic E-state index is 13.2. The molecule has 8 heteroatoms. The number of aromatic nitrogens is 4. The quantitative estimate of drug-likeness (QED) is 0.666. The lowest BCUT2D eigenvalue weighted by atomic mass is 10.4. The minimum Gasteiger partial charge on any atom is -0.396 e. The van der Waals surface area contributed by atoms with Gasteiger partial charge in [-0.3, -0.25) is 14.3 Å². The first-order valence-electron chi connectivity index (χ1n) is 5.30. The van der Waals surface area contributed by atoms with Crippen LogP contribution < -0.4 is 11.3 Å². The molecule has 18 heavy (non-hydrogen) atoms. The number of nitrogens with zero attached hydrogens (tertiary/aromatic N) is 3. The van der Waals surface area contributed by atoms with Gasteiger partial charge in [0.1, 0.15) is 12.5 Å². The molecule has 2 aromatic rings. The Balaban J connectivity index is 2.12. The summed E-state index contributed by atoms with van der Waals surface area (Å²) in [5.41, 5.74) is 5.85. The summed E-state index contributed by atoms with van der Waals surface area (Å²) >= 11 is 0. The van der Waals surface area contributed by atoms with Crippen molar-refractivity contribution in [1.82, 2.24) is 19.5 Å². The van der Waals surface area contributed by atoms with Crippen molar-refractivity contribution in [2.24, 2.45) is 5.92 Å². The molecule has 0 spiro atoms. The number of aromatic amines is 1. The van der Waals surface area contributed by atoms with E-state index < -0.39 is 17.6 Å². The van der Waals surface area contributed by atoms with Gasteiger partial charge in [0.05, 0.1) is 6.61 Å². The van der Waals surface area contributed by atoms with Crippen LogP contribution in [-0.2, 0) is 0 Å². The highest BCUT2D eigenvalue weighted by atomic mass is 19.1. The van der Waals surface area contributed by atoms with E-state index in [1.54, 1.807) is 0 Å². The monoisotopic (exact) mass is 251 g/mol. The van der Waals surface area contributed by atoms with Crippen LogP contribution in [-0.4, -0.2) is 37.4 Å². The van der Waals surface area contributed by atoms with Crippen molar-refractivity contribution in [3.8, 4) is 0 Å². The second kappa shape index (κ2) is 3.64. The Hall–Kier alpha value is -2.22. The van der Waals surface area contributed by atoms with Gasteiger partial charge in [-0.25, -0.2) is 9.37 Å². The van der Waals surface area contributed by atoms with E-state index in [1.165, 1.54) is 17.1 Å². The predicted molar refractivity (Wildman–Crippen MR) is 62.3 cm³/mol. The molecule has 7 nitrogen and oxygen atoms in total.